The molecule has 1 aliphatic heterocycles. The van der Waals surface area contributed by atoms with Gasteiger partial charge in [-0.25, -0.2) is 0 Å². The zero-order chi connectivity index (χ0) is 8.32. The molecule has 0 aromatic carbocycles. The smallest absolute Gasteiger partial charge is 0.315 e. The van der Waals surface area contributed by atoms with Crippen molar-refractivity contribution in [1.29, 1.82) is 0 Å². The highest BCUT2D eigenvalue weighted by Crippen LogP contribution is 2.27. The van der Waals surface area contributed by atoms with Crippen LogP contribution in [0.1, 0.15) is 0 Å². The van der Waals surface area contributed by atoms with E-state index in [4.69, 9.17) is 4.74 Å². The van der Waals surface area contributed by atoms with Gasteiger partial charge < -0.3 is 10.1 Å². The standard InChI is InChI=1S/C7H13NO2S/c1-10-6(9)7(5-11-2)3-8-4-7/h8H,3-5H2,1-2H3. The van der Waals surface area contributed by atoms with Crippen LogP contribution < -0.4 is 5.32 Å². The molecule has 0 atom stereocenters. The van der Waals surface area contributed by atoms with E-state index in [1.165, 1.54) is 7.11 Å². The SMILES string of the molecule is COC(=O)C1(CSC)CNC1. The van der Waals surface area contributed by atoms with E-state index in [1.807, 2.05) is 6.26 Å². The second-order valence-electron chi connectivity index (χ2n) is 2.81. The molecule has 64 valence electrons. The Labute approximate surface area is 70.9 Å². The van der Waals surface area contributed by atoms with E-state index in [1.54, 1.807) is 11.8 Å². The first-order chi connectivity index (χ1) is 5.25. The Balaban J connectivity index is 2.52. The highest BCUT2D eigenvalue weighted by molar-refractivity contribution is 7.98. The van der Waals surface area contributed by atoms with Crippen molar-refractivity contribution in [2.24, 2.45) is 5.41 Å². The van der Waals surface area contributed by atoms with Crippen LogP contribution in [0.25, 0.3) is 0 Å². The molecule has 4 heteroatoms. The first-order valence-corrected chi connectivity index (χ1v) is 4.93. The van der Waals surface area contributed by atoms with Crippen molar-refractivity contribution in [2.75, 3.05) is 32.2 Å². The Kier molecular flexibility index (Phi) is 2.78. The van der Waals surface area contributed by atoms with Crippen LogP contribution in [0.15, 0.2) is 0 Å². The molecule has 0 aromatic heterocycles. The second-order valence-corrected chi connectivity index (χ2v) is 3.67. The molecule has 0 amide bonds. The van der Waals surface area contributed by atoms with Crippen molar-refractivity contribution in [3.05, 3.63) is 0 Å². The van der Waals surface area contributed by atoms with Crippen LogP contribution in [0.2, 0.25) is 0 Å². The monoisotopic (exact) mass is 175 g/mol. The lowest BCUT2D eigenvalue weighted by molar-refractivity contribution is -0.154. The molecule has 0 radical (unpaired) electrons. The molecule has 1 N–H and O–H groups in total. The summed E-state index contributed by atoms with van der Waals surface area (Å²) in [5.74, 6) is 0.776. The Morgan fingerprint density at radius 1 is 1.73 bits per heavy atom. The van der Waals surface area contributed by atoms with Gasteiger partial charge in [0.15, 0.2) is 0 Å². The van der Waals surface area contributed by atoms with Gasteiger partial charge in [-0.2, -0.15) is 11.8 Å². The van der Waals surface area contributed by atoms with Gasteiger partial charge >= 0.3 is 5.97 Å². The number of esters is 1. The Morgan fingerprint density at radius 3 is 2.64 bits per heavy atom. The fourth-order valence-electron chi connectivity index (χ4n) is 1.22. The minimum absolute atomic E-state index is 0.0781. The molecule has 11 heavy (non-hydrogen) atoms. The van der Waals surface area contributed by atoms with Gasteiger partial charge in [-0.1, -0.05) is 0 Å². The first kappa shape index (κ1) is 8.87. The van der Waals surface area contributed by atoms with Crippen molar-refractivity contribution >= 4 is 17.7 Å². The maximum Gasteiger partial charge on any atom is 0.315 e. The molecule has 1 heterocycles. The van der Waals surface area contributed by atoms with Gasteiger partial charge in [-0.15, -0.1) is 0 Å². The number of carbonyl (C=O) groups excluding carboxylic acids is 1. The fourth-order valence-corrected chi connectivity index (χ4v) is 2.10. The lowest BCUT2D eigenvalue weighted by Gasteiger charge is -2.39. The van der Waals surface area contributed by atoms with E-state index >= 15 is 0 Å². The molecule has 0 saturated carbocycles. The van der Waals surface area contributed by atoms with E-state index in [-0.39, 0.29) is 11.4 Å². The summed E-state index contributed by atoms with van der Waals surface area (Å²) in [4.78, 5) is 11.2. The molecule has 3 nitrogen and oxygen atoms in total. The number of carbonyl (C=O) groups is 1. The van der Waals surface area contributed by atoms with Gasteiger partial charge in [-0.05, 0) is 6.26 Å². The Bertz CT molecular complexity index is 157. The number of hydrogen-bond donors (Lipinski definition) is 1. The van der Waals surface area contributed by atoms with Gasteiger partial charge in [0.2, 0.25) is 0 Å². The minimum Gasteiger partial charge on any atom is -0.468 e. The number of nitrogens with one attached hydrogen (secondary N) is 1. The van der Waals surface area contributed by atoms with Crippen LogP contribution >= 0.6 is 11.8 Å². The lowest BCUT2D eigenvalue weighted by Crippen LogP contribution is -2.60. The molecular weight excluding hydrogens is 162 g/mol. The van der Waals surface area contributed by atoms with Crippen LogP contribution in [0.3, 0.4) is 0 Å². The average Bonchev–Trinajstić information content (AvgIpc) is 1.95. The van der Waals surface area contributed by atoms with Gasteiger partial charge in [0.1, 0.15) is 5.41 Å². The maximum absolute atomic E-state index is 11.2. The van der Waals surface area contributed by atoms with Gasteiger partial charge in [0.05, 0.1) is 7.11 Å². The lowest BCUT2D eigenvalue weighted by atomic mass is 9.84. The summed E-state index contributed by atoms with van der Waals surface area (Å²) in [6.07, 6.45) is 2.00. The van der Waals surface area contributed by atoms with Crippen LogP contribution in [-0.2, 0) is 9.53 Å². The third kappa shape index (κ3) is 1.51. The number of rotatable bonds is 3. The summed E-state index contributed by atoms with van der Waals surface area (Å²) in [5, 5.41) is 3.09. The van der Waals surface area contributed by atoms with E-state index in [2.05, 4.69) is 5.32 Å². The molecular formula is C7H13NO2S. The van der Waals surface area contributed by atoms with E-state index in [0.717, 1.165) is 18.8 Å². The third-order valence-corrected chi connectivity index (χ3v) is 2.81. The summed E-state index contributed by atoms with van der Waals surface area (Å²) in [7, 11) is 1.45. The Hall–Kier alpha value is -0.220. The third-order valence-electron chi connectivity index (χ3n) is 1.97. The van der Waals surface area contributed by atoms with Crippen LogP contribution in [0, 0.1) is 5.41 Å². The fraction of sp³-hybridized carbons (Fsp3) is 0.857. The zero-order valence-corrected chi connectivity index (χ0v) is 7.66. The zero-order valence-electron chi connectivity index (χ0n) is 6.85. The molecule has 1 rings (SSSR count). The molecule has 1 aliphatic rings. The molecule has 0 spiro atoms. The highest BCUT2D eigenvalue weighted by Gasteiger charge is 2.44. The quantitative estimate of drug-likeness (QED) is 0.618. The van der Waals surface area contributed by atoms with Gasteiger partial charge in [0.25, 0.3) is 0 Å². The normalized spacial score (nSPS) is 20.5. The number of thioether (sulfide) groups is 1. The van der Waals surface area contributed by atoms with E-state index in [0.29, 0.717) is 0 Å². The first-order valence-electron chi connectivity index (χ1n) is 3.53. The van der Waals surface area contributed by atoms with Gasteiger partial charge in [-0.3, -0.25) is 4.79 Å². The van der Waals surface area contributed by atoms with Crippen molar-refractivity contribution in [1.82, 2.24) is 5.32 Å². The predicted molar refractivity (Wildman–Crippen MR) is 45.7 cm³/mol. The van der Waals surface area contributed by atoms with Crippen LogP contribution in [0.4, 0.5) is 0 Å². The molecule has 0 unspecified atom stereocenters. The largest absolute Gasteiger partial charge is 0.468 e. The second kappa shape index (κ2) is 3.45. The molecule has 1 saturated heterocycles. The number of methoxy groups -OCH3 is 1. The van der Waals surface area contributed by atoms with Crippen molar-refractivity contribution < 1.29 is 9.53 Å². The van der Waals surface area contributed by atoms with Crippen molar-refractivity contribution in [3.63, 3.8) is 0 Å². The maximum atomic E-state index is 11.2. The van der Waals surface area contributed by atoms with E-state index in [9.17, 15) is 4.79 Å². The van der Waals surface area contributed by atoms with Crippen LogP contribution in [0.5, 0.6) is 0 Å². The number of ether oxygens (including phenoxy) is 1. The summed E-state index contributed by atoms with van der Waals surface area (Å²) in [6.45, 7) is 1.53. The number of hydrogen-bond acceptors (Lipinski definition) is 4. The van der Waals surface area contributed by atoms with E-state index < -0.39 is 0 Å². The van der Waals surface area contributed by atoms with Gasteiger partial charge in [0, 0.05) is 18.8 Å². The van der Waals surface area contributed by atoms with Crippen LogP contribution in [-0.4, -0.2) is 38.2 Å². The van der Waals surface area contributed by atoms with Crippen molar-refractivity contribution in [2.45, 2.75) is 0 Å². The highest BCUT2D eigenvalue weighted by atomic mass is 32.2. The minimum atomic E-state index is -0.228. The molecule has 0 bridgehead atoms. The Morgan fingerprint density at radius 2 is 2.36 bits per heavy atom. The summed E-state index contributed by atoms with van der Waals surface area (Å²) >= 11 is 1.69. The molecule has 0 aromatic rings. The molecule has 0 aliphatic carbocycles. The molecule has 1 fully saturated rings. The topological polar surface area (TPSA) is 38.3 Å². The predicted octanol–water partition coefficient (Wildman–Crippen LogP) is 0.112. The summed E-state index contributed by atoms with van der Waals surface area (Å²) in [5.41, 5.74) is -0.228. The summed E-state index contributed by atoms with van der Waals surface area (Å²) in [6, 6.07) is 0. The van der Waals surface area contributed by atoms with Crippen molar-refractivity contribution in [3.8, 4) is 0 Å². The summed E-state index contributed by atoms with van der Waals surface area (Å²) < 4.78 is 4.72. The average molecular weight is 175 g/mol.